The van der Waals surface area contributed by atoms with E-state index in [9.17, 15) is 4.79 Å². The van der Waals surface area contributed by atoms with Crippen LogP contribution in [0.15, 0.2) is 35.0 Å². The van der Waals surface area contributed by atoms with Crippen molar-refractivity contribution in [2.75, 3.05) is 26.2 Å². The molecule has 0 N–H and O–H groups in total. The van der Waals surface area contributed by atoms with E-state index in [0.29, 0.717) is 0 Å². The van der Waals surface area contributed by atoms with Gasteiger partial charge in [-0.05, 0) is 29.8 Å². The molecule has 7 heteroatoms. The van der Waals surface area contributed by atoms with Gasteiger partial charge in [0, 0.05) is 37.6 Å². The summed E-state index contributed by atoms with van der Waals surface area (Å²) in [5.74, 6) is 0.133. The first kappa shape index (κ1) is 16.9. The second-order valence-electron chi connectivity index (χ2n) is 6.06. The quantitative estimate of drug-likeness (QED) is 0.671. The Balaban J connectivity index is 1.40. The molecule has 1 aliphatic heterocycles. The Kier molecular flexibility index (Phi) is 4.98. The van der Waals surface area contributed by atoms with Crippen molar-refractivity contribution in [1.29, 1.82) is 0 Å². The summed E-state index contributed by atoms with van der Waals surface area (Å²) in [5.41, 5.74) is 0.847. The van der Waals surface area contributed by atoms with Crippen molar-refractivity contribution in [2.45, 2.75) is 13.5 Å². The third-order valence-corrected chi connectivity index (χ3v) is 7.39. The van der Waals surface area contributed by atoms with Crippen molar-refractivity contribution in [3.63, 3.8) is 0 Å². The minimum Gasteiger partial charge on any atom is -0.335 e. The minimum atomic E-state index is 0.133. The molecular formula is C18H19N3OS3. The van der Waals surface area contributed by atoms with E-state index in [1.54, 1.807) is 22.7 Å². The summed E-state index contributed by atoms with van der Waals surface area (Å²) in [6.07, 6.45) is 0. The van der Waals surface area contributed by atoms with Crippen LogP contribution in [0.4, 0.5) is 0 Å². The Hall–Kier alpha value is -1.54. The van der Waals surface area contributed by atoms with E-state index >= 15 is 0 Å². The normalized spacial score (nSPS) is 15.6. The molecule has 4 heterocycles. The zero-order chi connectivity index (χ0) is 17.2. The summed E-state index contributed by atoms with van der Waals surface area (Å²) < 4.78 is 0. The van der Waals surface area contributed by atoms with Crippen LogP contribution < -0.4 is 0 Å². The highest BCUT2D eigenvalue weighted by Gasteiger charge is 2.25. The number of carbonyl (C=O) groups is 1. The molecule has 1 amide bonds. The van der Waals surface area contributed by atoms with Crippen molar-refractivity contribution in [1.82, 2.24) is 14.8 Å². The van der Waals surface area contributed by atoms with E-state index in [1.165, 1.54) is 16.2 Å². The molecule has 3 aromatic heterocycles. The Morgan fingerprint density at radius 1 is 1.12 bits per heavy atom. The van der Waals surface area contributed by atoms with Crippen LogP contribution in [0, 0.1) is 6.92 Å². The number of thiazole rings is 1. The van der Waals surface area contributed by atoms with Gasteiger partial charge in [0.05, 0.1) is 10.6 Å². The van der Waals surface area contributed by atoms with Crippen LogP contribution in [0.2, 0.25) is 0 Å². The fourth-order valence-corrected chi connectivity index (χ4v) is 5.55. The summed E-state index contributed by atoms with van der Waals surface area (Å²) in [7, 11) is 0. The molecule has 1 aliphatic rings. The summed E-state index contributed by atoms with van der Waals surface area (Å²) in [4.78, 5) is 25.2. The maximum atomic E-state index is 12.9. The van der Waals surface area contributed by atoms with Gasteiger partial charge in [0.15, 0.2) is 0 Å². The first-order chi connectivity index (χ1) is 12.2. The van der Waals surface area contributed by atoms with E-state index in [1.807, 2.05) is 23.3 Å². The lowest BCUT2D eigenvalue weighted by Crippen LogP contribution is -2.48. The maximum absolute atomic E-state index is 12.9. The zero-order valence-corrected chi connectivity index (χ0v) is 16.4. The molecule has 3 aromatic rings. The van der Waals surface area contributed by atoms with Gasteiger partial charge in [0.25, 0.3) is 5.91 Å². The molecule has 0 aromatic carbocycles. The van der Waals surface area contributed by atoms with Gasteiger partial charge in [-0.3, -0.25) is 9.69 Å². The SMILES string of the molecule is Cc1nc(-c2cccs2)sc1C(=O)N1CCN(Cc2cccs2)CC1. The Labute approximate surface area is 159 Å². The molecule has 1 saturated heterocycles. The second kappa shape index (κ2) is 7.37. The fraction of sp³-hybridized carbons (Fsp3) is 0.333. The van der Waals surface area contributed by atoms with Crippen molar-refractivity contribution in [3.8, 4) is 9.88 Å². The summed E-state index contributed by atoms with van der Waals surface area (Å²) in [5, 5.41) is 5.11. The predicted octanol–water partition coefficient (Wildman–Crippen LogP) is 4.20. The standard InChI is InChI=1S/C18H19N3OS3/c1-13-16(25-17(19-13)15-5-3-11-24-15)18(22)21-8-6-20(7-9-21)12-14-4-2-10-23-14/h2-5,10-11H,6-9,12H2,1H3. The van der Waals surface area contributed by atoms with Gasteiger partial charge in [0.1, 0.15) is 9.88 Å². The summed E-state index contributed by atoms with van der Waals surface area (Å²) >= 11 is 4.98. The maximum Gasteiger partial charge on any atom is 0.265 e. The van der Waals surface area contributed by atoms with Crippen LogP contribution in [-0.4, -0.2) is 46.9 Å². The van der Waals surface area contributed by atoms with Gasteiger partial charge in [0.2, 0.25) is 0 Å². The number of hydrogen-bond acceptors (Lipinski definition) is 6. The van der Waals surface area contributed by atoms with Gasteiger partial charge in [-0.15, -0.1) is 34.0 Å². The number of nitrogens with zero attached hydrogens (tertiary/aromatic N) is 3. The monoisotopic (exact) mass is 389 g/mol. The minimum absolute atomic E-state index is 0.133. The molecule has 1 fully saturated rings. The lowest BCUT2D eigenvalue weighted by Gasteiger charge is -2.34. The predicted molar refractivity (Wildman–Crippen MR) is 106 cm³/mol. The number of aromatic nitrogens is 1. The highest BCUT2D eigenvalue weighted by Crippen LogP contribution is 2.31. The Morgan fingerprint density at radius 2 is 1.88 bits per heavy atom. The molecule has 4 rings (SSSR count). The molecule has 4 nitrogen and oxygen atoms in total. The van der Waals surface area contributed by atoms with Crippen LogP contribution in [0.3, 0.4) is 0 Å². The number of carbonyl (C=O) groups excluding carboxylic acids is 1. The fourth-order valence-electron chi connectivity index (χ4n) is 2.98. The van der Waals surface area contributed by atoms with E-state index in [2.05, 4.69) is 33.5 Å². The van der Waals surface area contributed by atoms with Crippen molar-refractivity contribution >= 4 is 39.9 Å². The van der Waals surface area contributed by atoms with Crippen LogP contribution in [0.5, 0.6) is 0 Å². The number of hydrogen-bond donors (Lipinski definition) is 0. The first-order valence-corrected chi connectivity index (χ1v) is 10.8. The molecule has 0 spiro atoms. The van der Waals surface area contributed by atoms with Crippen LogP contribution in [0.1, 0.15) is 20.2 Å². The van der Waals surface area contributed by atoms with Gasteiger partial charge in [-0.2, -0.15) is 0 Å². The van der Waals surface area contributed by atoms with Crippen molar-refractivity contribution < 1.29 is 4.79 Å². The third kappa shape index (κ3) is 3.69. The van der Waals surface area contributed by atoms with Gasteiger partial charge in [-0.25, -0.2) is 4.98 Å². The number of aryl methyl sites for hydroxylation is 1. The number of amides is 1. The van der Waals surface area contributed by atoms with Gasteiger partial charge in [-0.1, -0.05) is 12.1 Å². The van der Waals surface area contributed by atoms with E-state index in [-0.39, 0.29) is 5.91 Å². The van der Waals surface area contributed by atoms with Crippen molar-refractivity contribution in [2.24, 2.45) is 0 Å². The summed E-state index contributed by atoms with van der Waals surface area (Å²) in [6, 6.07) is 8.35. The van der Waals surface area contributed by atoms with Crippen molar-refractivity contribution in [3.05, 3.63) is 50.5 Å². The Bertz CT molecular complexity index is 831. The second-order valence-corrected chi connectivity index (χ2v) is 9.04. The molecule has 0 aliphatic carbocycles. The number of rotatable bonds is 4. The molecular weight excluding hydrogens is 370 g/mol. The Morgan fingerprint density at radius 3 is 2.56 bits per heavy atom. The van der Waals surface area contributed by atoms with Crippen LogP contribution in [0.25, 0.3) is 9.88 Å². The molecule has 0 atom stereocenters. The molecule has 130 valence electrons. The molecule has 0 unspecified atom stereocenters. The highest BCUT2D eigenvalue weighted by molar-refractivity contribution is 7.22. The number of thiophene rings is 2. The molecule has 0 radical (unpaired) electrons. The van der Waals surface area contributed by atoms with Gasteiger partial charge < -0.3 is 4.90 Å². The molecule has 25 heavy (non-hydrogen) atoms. The highest BCUT2D eigenvalue weighted by atomic mass is 32.1. The lowest BCUT2D eigenvalue weighted by atomic mass is 10.2. The average Bonchev–Trinajstić information content (AvgIpc) is 3.36. The first-order valence-electron chi connectivity index (χ1n) is 8.26. The topological polar surface area (TPSA) is 36.4 Å². The summed E-state index contributed by atoms with van der Waals surface area (Å²) in [6.45, 7) is 6.36. The van der Waals surface area contributed by atoms with E-state index in [0.717, 1.165) is 53.2 Å². The average molecular weight is 390 g/mol. The largest absolute Gasteiger partial charge is 0.335 e. The molecule has 0 bridgehead atoms. The number of piperazine rings is 1. The molecule has 0 saturated carbocycles. The zero-order valence-electron chi connectivity index (χ0n) is 14.0. The van der Waals surface area contributed by atoms with Crippen LogP contribution >= 0.6 is 34.0 Å². The third-order valence-electron chi connectivity index (χ3n) is 4.34. The van der Waals surface area contributed by atoms with Gasteiger partial charge >= 0.3 is 0 Å². The van der Waals surface area contributed by atoms with E-state index in [4.69, 9.17) is 0 Å². The smallest absolute Gasteiger partial charge is 0.265 e. The van der Waals surface area contributed by atoms with Crippen LogP contribution in [-0.2, 0) is 6.54 Å². The lowest BCUT2D eigenvalue weighted by molar-refractivity contribution is 0.0633. The van der Waals surface area contributed by atoms with E-state index < -0.39 is 0 Å².